The minimum atomic E-state index is 0.276. The summed E-state index contributed by atoms with van der Waals surface area (Å²) in [6, 6.07) is 21.3. The number of nitrogens with zero attached hydrogens (tertiary/aromatic N) is 5. The number of hydrogen-bond donors (Lipinski definition) is 3. The van der Waals surface area contributed by atoms with E-state index in [4.69, 9.17) is 0 Å². The van der Waals surface area contributed by atoms with Crippen LogP contribution in [-0.4, -0.2) is 56.1 Å². The zero-order valence-corrected chi connectivity index (χ0v) is 22.5. The zero-order valence-electron chi connectivity index (χ0n) is 22.5. The van der Waals surface area contributed by atoms with Crippen LogP contribution in [0.1, 0.15) is 38.5 Å². The lowest BCUT2D eigenvalue weighted by molar-refractivity contribution is 0.293. The quantitative estimate of drug-likeness (QED) is 0.305. The van der Waals surface area contributed by atoms with Gasteiger partial charge in [-0.2, -0.15) is 5.10 Å². The van der Waals surface area contributed by atoms with Crippen LogP contribution in [0.15, 0.2) is 73.2 Å². The number of benzene rings is 2. The van der Waals surface area contributed by atoms with Gasteiger partial charge in [-0.3, -0.25) is 4.68 Å². The van der Waals surface area contributed by atoms with Gasteiger partial charge in [-0.05, 0) is 85.3 Å². The summed E-state index contributed by atoms with van der Waals surface area (Å²) in [6.45, 7) is 2.09. The molecule has 2 aromatic carbocycles. The van der Waals surface area contributed by atoms with E-state index in [1.54, 1.807) is 23.1 Å². The summed E-state index contributed by atoms with van der Waals surface area (Å²) in [5.74, 6) is 1.93. The number of aromatic nitrogens is 4. The largest absolute Gasteiger partial charge is 0.508 e. The number of rotatable bonds is 7. The minimum Gasteiger partial charge on any atom is -0.508 e. The van der Waals surface area contributed by atoms with Crippen LogP contribution in [0.5, 0.6) is 5.75 Å². The number of aryl methyl sites for hydroxylation is 1. The fourth-order valence-corrected chi connectivity index (χ4v) is 6.01. The van der Waals surface area contributed by atoms with Crippen LogP contribution in [0.2, 0.25) is 0 Å². The van der Waals surface area contributed by atoms with Crippen LogP contribution >= 0.6 is 0 Å². The summed E-state index contributed by atoms with van der Waals surface area (Å²) >= 11 is 0. The van der Waals surface area contributed by atoms with Crippen molar-refractivity contribution in [2.24, 2.45) is 7.05 Å². The van der Waals surface area contributed by atoms with Gasteiger partial charge in [0.1, 0.15) is 17.9 Å². The number of aromatic hydroxyl groups is 1. The first-order valence-electron chi connectivity index (χ1n) is 14.1. The Kier molecular flexibility index (Phi) is 7.45. The van der Waals surface area contributed by atoms with Crippen molar-refractivity contribution in [3.63, 3.8) is 0 Å². The number of piperidine rings is 1. The van der Waals surface area contributed by atoms with Crippen molar-refractivity contribution in [3.8, 4) is 28.3 Å². The monoisotopic (exact) mass is 523 g/mol. The van der Waals surface area contributed by atoms with E-state index in [1.807, 2.05) is 31.4 Å². The lowest BCUT2D eigenvalue weighted by Crippen LogP contribution is -2.54. The first-order chi connectivity index (χ1) is 19.1. The van der Waals surface area contributed by atoms with Gasteiger partial charge >= 0.3 is 0 Å². The molecule has 8 heteroatoms. The molecule has 1 unspecified atom stereocenters. The molecule has 3 heterocycles. The van der Waals surface area contributed by atoms with Crippen LogP contribution in [0.25, 0.3) is 22.5 Å². The third kappa shape index (κ3) is 6.06. The molecule has 8 nitrogen and oxygen atoms in total. The zero-order chi connectivity index (χ0) is 26.6. The van der Waals surface area contributed by atoms with Crippen LogP contribution in [0.3, 0.4) is 0 Å². The molecule has 3 N–H and O–H groups in total. The van der Waals surface area contributed by atoms with Gasteiger partial charge in [0.2, 0.25) is 0 Å². The predicted molar refractivity (Wildman–Crippen MR) is 156 cm³/mol. The summed E-state index contributed by atoms with van der Waals surface area (Å²) in [7, 11) is 1.89. The Morgan fingerprint density at radius 2 is 1.67 bits per heavy atom. The predicted octanol–water partition coefficient (Wildman–Crippen LogP) is 5.23. The van der Waals surface area contributed by atoms with Crippen molar-refractivity contribution in [1.82, 2.24) is 25.1 Å². The topological polar surface area (TPSA) is 91.1 Å². The molecule has 1 aliphatic heterocycles. The maximum Gasteiger partial charge on any atom is 0.181 e. The van der Waals surface area contributed by atoms with Crippen LogP contribution in [0, 0.1) is 0 Å². The molecule has 0 bridgehead atoms. The molecule has 3 atom stereocenters. The normalized spacial score (nSPS) is 21.6. The van der Waals surface area contributed by atoms with E-state index in [1.165, 1.54) is 37.8 Å². The summed E-state index contributed by atoms with van der Waals surface area (Å²) in [6.07, 6.45) is 10.8. The molecule has 6 rings (SSSR count). The third-order valence-electron chi connectivity index (χ3n) is 8.00. The van der Waals surface area contributed by atoms with E-state index < -0.39 is 0 Å². The van der Waals surface area contributed by atoms with E-state index in [-0.39, 0.29) is 5.75 Å². The first-order valence-corrected chi connectivity index (χ1v) is 14.1. The smallest absolute Gasteiger partial charge is 0.181 e. The Labute approximate surface area is 230 Å². The van der Waals surface area contributed by atoms with Crippen molar-refractivity contribution in [2.75, 3.05) is 23.3 Å². The van der Waals surface area contributed by atoms with Crippen LogP contribution in [-0.2, 0) is 7.05 Å². The molecule has 1 saturated carbocycles. The van der Waals surface area contributed by atoms with Crippen molar-refractivity contribution in [2.45, 2.75) is 56.7 Å². The van der Waals surface area contributed by atoms with Gasteiger partial charge in [-0.25, -0.2) is 9.97 Å². The molecule has 0 amide bonds. The van der Waals surface area contributed by atoms with E-state index in [2.05, 4.69) is 60.9 Å². The molecule has 2 aliphatic rings. The van der Waals surface area contributed by atoms with E-state index in [9.17, 15) is 5.11 Å². The van der Waals surface area contributed by atoms with Gasteiger partial charge in [-0.1, -0.05) is 25.0 Å². The van der Waals surface area contributed by atoms with Gasteiger partial charge in [-0.15, -0.1) is 0 Å². The second-order valence-corrected chi connectivity index (χ2v) is 10.9. The molecule has 0 radical (unpaired) electrons. The van der Waals surface area contributed by atoms with E-state index in [0.717, 1.165) is 47.8 Å². The molecule has 202 valence electrons. The maximum atomic E-state index is 9.90. The molecule has 39 heavy (non-hydrogen) atoms. The number of pyridine rings is 1. The van der Waals surface area contributed by atoms with Gasteiger partial charge in [0.05, 0.1) is 0 Å². The van der Waals surface area contributed by atoms with E-state index in [0.29, 0.717) is 18.1 Å². The summed E-state index contributed by atoms with van der Waals surface area (Å²) in [5.41, 5.74) is 4.35. The fraction of sp³-hybridized carbons (Fsp3) is 0.387. The molecule has 1 saturated heterocycles. The number of anilines is 2. The SMILES string of the molecule is Cn1cnc(-c2ccc(N3CCCC(N[C@@H]4CCCC[C@H]4Nc4cc(-c5cccc(O)c5)ccn4)C3)cc2)n1. The first kappa shape index (κ1) is 25.4. The molecule has 4 aromatic rings. The fourth-order valence-electron chi connectivity index (χ4n) is 6.01. The lowest BCUT2D eigenvalue weighted by atomic mass is 9.89. The number of nitrogens with one attached hydrogen (secondary N) is 2. The van der Waals surface area contributed by atoms with Gasteiger partial charge < -0.3 is 20.6 Å². The average Bonchev–Trinajstić information content (AvgIpc) is 3.41. The van der Waals surface area contributed by atoms with Crippen molar-refractivity contribution in [1.29, 1.82) is 0 Å². The maximum absolute atomic E-state index is 9.90. The lowest BCUT2D eigenvalue weighted by Gasteiger charge is -2.40. The molecule has 2 aromatic heterocycles. The van der Waals surface area contributed by atoms with Crippen LogP contribution in [0.4, 0.5) is 11.5 Å². The van der Waals surface area contributed by atoms with Gasteiger partial charge in [0, 0.05) is 55.7 Å². The highest BCUT2D eigenvalue weighted by atomic mass is 16.3. The Morgan fingerprint density at radius 1 is 0.846 bits per heavy atom. The highest BCUT2D eigenvalue weighted by Crippen LogP contribution is 2.28. The Bertz CT molecular complexity index is 1390. The standard InChI is InChI=1S/C31H37N7O/c1-37-21-33-31(36-37)22-11-13-26(14-12-22)38-17-5-7-25(20-38)34-28-9-2-3-10-29(28)35-30-19-24(15-16-32-30)23-6-4-8-27(39)18-23/h4,6,8,11-16,18-19,21,25,28-29,34,39H,2-3,5,7,9-10,17,20H2,1H3,(H,32,35)/t25?,28-,29-/m1/s1. The third-order valence-corrected chi connectivity index (χ3v) is 8.00. The van der Waals surface area contributed by atoms with Crippen molar-refractivity contribution >= 4 is 11.5 Å². The van der Waals surface area contributed by atoms with E-state index >= 15 is 0 Å². The van der Waals surface area contributed by atoms with Gasteiger partial charge in [0.25, 0.3) is 0 Å². The highest BCUT2D eigenvalue weighted by molar-refractivity contribution is 5.67. The Morgan fingerprint density at radius 3 is 2.46 bits per heavy atom. The molecule has 1 aliphatic carbocycles. The number of phenols is 1. The van der Waals surface area contributed by atoms with Crippen LogP contribution < -0.4 is 15.5 Å². The summed E-state index contributed by atoms with van der Waals surface area (Å²) in [4.78, 5) is 11.5. The highest BCUT2D eigenvalue weighted by Gasteiger charge is 2.29. The second-order valence-electron chi connectivity index (χ2n) is 10.9. The summed E-state index contributed by atoms with van der Waals surface area (Å²) in [5, 5.41) is 22.1. The second kappa shape index (κ2) is 11.5. The number of hydrogen-bond acceptors (Lipinski definition) is 7. The van der Waals surface area contributed by atoms with Crippen molar-refractivity contribution < 1.29 is 5.11 Å². The molecular formula is C31H37N7O. The minimum absolute atomic E-state index is 0.276. The Hall–Kier alpha value is -3.91. The van der Waals surface area contributed by atoms with Gasteiger partial charge in [0.15, 0.2) is 5.82 Å². The molecule has 0 spiro atoms. The molecular weight excluding hydrogens is 486 g/mol. The van der Waals surface area contributed by atoms with Crippen molar-refractivity contribution in [3.05, 3.63) is 73.2 Å². The Balaban J connectivity index is 1.10. The average molecular weight is 524 g/mol. The molecule has 2 fully saturated rings. The number of phenolic OH excluding ortho intramolecular Hbond substituents is 1. The summed E-state index contributed by atoms with van der Waals surface area (Å²) < 4.78 is 1.74.